The van der Waals surface area contributed by atoms with E-state index in [2.05, 4.69) is 18.8 Å². The second-order valence-corrected chi connectivity index (χ2v) is 1.90. The largest absolute Gasteiger partial charge is 0.103 e. The van der Waals surface area contributed by atoms with Crippen LogP contribution in [0.25, 0.3) is 0 Å². The zero-order valence-corrected chi connectivity index (χ0v) is 5.98. The molecule has 0 amide bonds. The van der Waals surface area contributed by atoms with Gasteiger partial charge in [0, 0.05) is 12.8 Å². The average molecular weight is 121 g/mol. The summed E-state index contributed by atoms with van der Waals surface area (Å²) in [5.41, 5.74) is 0. The van der Waals surface area contributed by atoms with Crippen LogP contribution in [-0.4, -0.2) is 0 Å². The summed E-state index contributed by atoms with van der Waals surface area (Å²) < 4.78 is 0. The van der Waals surface area contributed by atoms with Crippen LogP contribution in [0.15, 0.2) is 6.08 Å². The molecule has 0 rings (SSSR count). The Bertz CT molecular complexity index is 112. The van der Waals surface area contributed by atoms with Gasteiger partial charge in [0.05, 0.1) is 0 Å². The van der Waals surface area contributed by atoms with Gasteiger partial charge in [0.25, 0.3) is 0 Å². The molecule has 0 saturated carbocycles. The third-order valence-electron chi connectivity index (χ3n) is 1.00. The van der Waals surface area contributed by atoms with Crippen LogP contribution in [0.1, 0.15) is 32.6 Å². The van der Waals surface area contributed by atoms with Crippen molar-refractivity contribution in [2.75, 3.05) is 0 Å². The van der Waals surface area contributed by atoms with Crippen molar-refractivity contribution in [1.82, 2.24) is 0 Å². The predicted molar refractivity (Wildman–Crippen MR) is 40.8 cm³/mol. The molecule has 0 aromatic carbocycles. The first kappa shape index (κ1) is 8.30. The quantitative estimate of drug-likeness (QED) is 0.397. The third kappa shape index (κ3) is 7.30. The van der Waals surface area contributed by atoms with Gasteiger partial charge in [-0.3, -0.25) is 0 Å². The monoisotopic (exact) mass is 121 g/mol. The number of allylic oxidation sites excluding steroid dienone is 1. The van der Waals surface area contributed by atoms with E-state index >= 15 is 0 Å². The maximum atomic E-state index is 5.12. The number of hydrogen-bond donors (Lipinski definition) is 0. The van der Waals surface area contributed by atoms with Gasteiger partial charge in [-0.05, 0) is 6.42 Å². The second kappa shape index (κ2) is 7.30. The number of unbranched alkanes of at least 4 members (excludes halogenated alkanes) is 2. The fraction of sp³-hybridized carbons (Fsp3) is 0.556. The van der Waals surface area contributed by atoms with E-state index in [4.69, 9.17) is 6.58 Å². The molecule has 0 nitrogen and oxygen atoms in total. The third-order valence-corrected chi connectivity index (χ3v) is 1.00. The molecule has 0 aliphatic carbocycles. The summed E-state index contributed by atoms with van der Waals surface area (Å²) in [6.45, 7) is 7.28. The Morgan fingerprint density at radius 1 is 1.44 bits per heavy atom. The zero-order chi connectivity index (χ0) is 6.95. The topological polar surface area (TPSA) is 0 Å². The fourth-order valence-electron chi connectivity index (χ4n) is 0.485. The summed E-state index contributed by atoms with van der Waals surface area (Å²) >= 11 is 0. The van der Waals surface area contributed by atoms with Crippen molar-refractivity contribution >= 4 is 0 Å². The van der Waals surface area contributed by atoms with Crippen molar-refractivity contribution in [2.45, 2.75) is 32.6 Å². The average Bonchev–Trinajstić information content (AvgIpc) is 1.89. The van der Waals surface area contributed by atoms with E-state index in [-0.39, 0.29) is 0 Å². The molecule has 0 heteroatoms. The normalized spacial score (nSPS) is 7.67. The molecule has 49 valence electrons. The van der Waals surface area contributed by atoms with Gasteiger partial charge in [-0.2, -0.15) is 0 Å². The molecule has 0 fully saturated rings. The summed E-state index contributed by atoms with van der Waals surface area (Å²) in [6.07, 6.45) is 5.76. The first-order valence-electron chi connectivity index (χ1n) is 3.41. The summed E-state index contributed by atoms with van der Waals surface area (Å²) in [4.78, 5) is 0. The van der Waals surface area contributed by atoms with Gasteiger partial charge >= 0.3 is 0 Å². The Hall–Kier alpha value is -0.700. The van der Waals surface area contributed by atoms with Gasteiger partial charge in [-0.25, -0.2) is 0 Å². The highest BCUT2D eigenvalue weighted by molar-refractivity contribution is 5.01. The van der Waals surface area contributed by atoms with Gasteiger partial charge in [0.15, 0.2) is 0 Å². The van der Waals surface area contributed by atoms with E-state index in [0.717, 1.165) is 12.8 Å². The molecule has 0 aromatic heterocycles. The molecule has 0 unspecified atom stereocenters. The van der Waals surface area contributed by atoms with E-state index in [0.29, 0.717) is 0 Å². The molecule has 0 aliphatic rings. The number of hydrogen-bond acceptors (Lipinski definition) is 0. The molecular weight excluding hydrogens is 108 g/mol. The fourth-order valence-corrected chi connectivity index (χ4v) is 0.485. The first-order chi connectivity index (χ1) is 4.41. The summed E-state index contributed by atoms with van der Waals surface area (Å²) in [6, 6.07) is 0. The molecule has 0 atom stereocenters. The Balaban J connectivity index is 3.05. The Kier molecular flexibility index (Phi) is 6.73. The van der Waals surface area contributed by atoms with Gasteiger partial charge < -0.3 is 0 Å². The highest BCUT2D eigenvalue weighted by atomic mass is 13.8. The van der Waals surface area contributed by atoms with Gasteiger partial charge in [0.1, 0.15) is 0 Å². The molecule has 9 heavy (non-hydrogen) atoms. The van der Waals surface area contributed by atoms with Crippen LogP contribution in [0, 0.1) is 18.4 Å². The van der Waals surface area contributed by atoms with Crippen LogP contribution >= 0.6 is 0 Å². The minimum Gasteiger partial charge on any atom is -0.103 e. The van der Waals surface area contributed by atoms with Crippen LogP contribution in [0.5, 0.6) is 0 Å². The van der Waals surface area contributed by atoms with Crippen molar-refractivity contribution in [3.8, 4) is 11.8 Å². The van der Waals surface area contributed by atoms with Crippen molar-refractivity contribution in [3.63, 3.8) is 0 Å². The lowest BCUT2D eigenvalue weighted by Gasteiger charge is -1.82. The van der Waals surface area contributed by atoms with E-state index in [1.54, 1.807) is 6.08 Å². The lowest BCUT2D eigenvalue weighted by Crippen LogP contribution is -1.66. The predicted octanol–water partition coefficient (Wildman–Crippen LogP) is 2.56. The highest BCUT2D eigenvalue weighted by Crippen LogP contribution is 1.90. The summed E-state index contributed by atoms with van der Waals surface area (Å²) in [5, 5.41) is 0. The lowest BCUT2D eigenvalue weighted by atomic mass is 10.2. The maximum Gasteiger partial charge on any atom is 0.0272 e. The lowest BCUT2D eigenvalue weighted by molar-refractivity contribution is 0.827. The van der Waals surface area contributed by atoms with Gasteiger partial charge in [0.2, 0.25) is 0 Å². The molecule has 0 N–H and O–H groups in total. The summed E-state index contributed by atoms with van der Waals surface area (Å²) in [5.74, 6) is 5.97. The molecule has 0 aromatic rings. The Labute approximate surface area is 58.0 Å². The van der Waals surface area contributed by atoms with Gasteiger partial charge in [-0.15, -0.1) is 5.92 Å². The standard InChI is InChI=1S/C9H13/c1-3-5-7-9-8-6-4-2/h1,3H,4-6,8H2,2H3. The number of rotatable bonds is 3. The van der Waals surface area contributed by atoms with E-state index in [9.17, 15) is 0 Å². The zero-order valence-electron chi connectivity index (χ0n) is 5.98. The molecule has 0 saturated heterocycles. The first-order valence-corrected chi connectivity index (χ1v) is 3.41. The highest BCUT2D eigenvalue weighted by Gasteiger charge is 1.74. The summed E-state index contributed by atoms with van der Waals surface area (Å²) in [7, 11) is 0. The molecule has 1 radical (unpaired) electrons. The Morgan fingerprint density at radius 3 is 2.78 bits per heavy atom. The van der Waals surface area contributed by atoms with Crippen molar-refractivity contribution < 1.29 is 0 Å². The van der Waals surface area contributed by atoms with Crippen molar-refractivity contribution in [1.29, 1.82) is 0 Å². The van der Waals surface area contributed by atoms with Crippen molar-refractivity contribution in [2.24, 2.45) is 0 Å². The van der Waals surface area contributed by atoms with Crippen molar-refractivity contribution in [3.05, 3.63) is 12.7 Å². The minimum absolute atomic E-state index is 0.726. The molecule has 0 aliphatic heterocycles. The molecule has 0 bridgehead atoms. The van der Waals surface area contributed by atoms with Crippen LogP contribution in [0.3, 0.4) is 0 Å². The molecule has 0 spiro atoms. The smallest absolute Gasteiger partial charge is 0.0272 e. The minimum atomic E-state index is 0.726. The van der Waals surface area contributed by atoms with Crippen LogP contribution in [0.2, 0.25) is 0 Å². The second-order valence-electron chi connectivity index (χ2n) is 1.90. The molecule has 0 heterocycles. The Morgan fingerprint density at radius 2 is 2.22 bits per heavy atom. The van der Waals surface area contributed by atoms with Crippen LogP contribution in [0.4, 0.5) is 0 Å². The van der Waals surface area contributed by atoms with Gasteiger partial charge in [-0.1, -0.05) is 31.9 Å². The van der Waals surface area contributed by atoms with E-state index in [1.807, 2.05) is 0 Å². The maximum absolute atomic E-state index is 5.12. The SMILES string of the molecule is [CH]=CCC#CCCCC. The van der Waals surface area contributed by atoms with E-state index in [1.165, 1.54) is 12.8 Å². The molecular formula is C9H13. The van der Waals surface area contributed by atoms with Crippen LogP contribution in [-0.2, 0) is 0 Å². The van der Waals surface area contributed by atoms with Crippen LogP contribution < -0.4 is 0 Å². The van der Waals surface area contributed by atoms with E-state index < -0.39 is 0 Å².